The van der Waals surface area contributed by atoms with Crippen LogP contribution in [0.1, 0.15) is 29.5 Å². The fraction of sp³-hybridized carbons (Fsp3) is 0.316. The van der Waals surface area contributed by atoms with Crippen LogP contribution in [0.3, 0.4) is 0 Å². The average Bonchev–Trinajstić information content (AvgIpc) is 3.38. The summed E-state index contributed by atoms with van der Waals surface area (Å²) in [5, 5.41) is 0.622. The van der Waals surface area contributed by atoms with Crippen LogP contribution < -0.4 is 0 Å². The van der Waals surface area contributed by atoms with Gasteiger partial charge in [-0.2, -0.15) is 13.2 Å². The van der Waals surface area contributed by atoms with Gasteiger partial charge in [0.15, 0.2) is 0 Å². The van der Waals surface area contributed by atoms with Crippen molar-refractivity contribution in [1.29, 1.82) is 0 Å². The highest BCUT2D eigenvalue weighted by Crippen LogP contribution is 2.31. The summed E-state index contributed by atoms with van der Waals surface area (Å²) in [6.45, 7) is 0.444. The van der Waals surface area contributed by atoms with Gasteiger partial charge in [0, 0.05) is 17.6 Å². The average molecular weight is 368 g/mol. The van der Waals surface area contributed by atoms with E-state index in [-0.39, 0.29) is 18.4 Å². The molecule has 0 atom stereocenters. The summed E-state index contributed by atoms with van der Waals surface area (Å²) >= 11 is 5.87. The molecule has 0 aromatic heterocycles. The molecule has 0 spiro atoms. The lowest BCUT2D eigenvalue weighted by atomic mass is 10.1. The van der Waals surface area contributed by atoms with Gasteiger partial charge in [0.25, 0.3) is 0 Å². The van der Waals surface area contributed by atoms with Crippen LogP contribution in [0.5, 0.6) is 0 Å². The predicted octanol–water partition coefficient (Wildman–Crippen LogP) is 5.09. The molecule has 1 amide bonds. The zero-order chi connectivity index (χ0) is 18.0. The van der Waals surface area contributed by atoms with Crippen LogP contribution in [-0.2, 0) is 23.9 Å². The predicted molar refractivity (Wildman–Crippen MR) is 90.2 cm³/mol. The molecule has 2 nitrogen and oxygen atoms in total. The normalized spacial score (nSPS) is 14.4. The molecule has 0 saturated heterocycles. The van der Waals surface area contributed by atoms with Gasteiger partial charge in [-0.05, 0) is 42.2 Å². The van der Waals surface area contributed by atoms with Crippen molar-refractivity contribution < 1.29 is 18.0 Å². The van der Waals surface area contributed by atoms with Gasteiger partial charge in [-0.3, -0.25) is 4.79 Å². The van der Waals surface area contributed by atoms with Crippen LogP contribution in [-0.4, -0.2) is 16.8 Å². The summed E-state index contributed by atoms with van der Waals surface area (Å²) in [6, 6.07) is 12.4. The molecule has 25 heavy (non-hydrogen) atoms. The number of amides is 1. The third kappa shape index (κ3) is 4.75. The third-order valence-electron chi connectivity index (χ3n) is 4.18. The summed E-state index contributed by atoms with van der Waals surface area (Å²) in [5.41, 5.74) is 0.601. The van der Waals surface area contributed by atoms with Crippen molar-refractivity contribution in [2.75, 3.05) is 0 Å². The molecule has 1 fully saturated rings. The highest BCUT2D eigenvalue weighted by atomic mass is 35.5. The number of carbonyl (C=O) groups excluding carboxylic acids is 1. The topological polar surface area (TPSA) is 20.3 Å². The summed E-state index contributed by atoms with van der Waals surface area (Å²) in [4.78, 5) is 14.4. The van der Waals surface area contributed by atoms with E-state index < -0.39 is 11.7 Å². The Morgan fingerprint density at radius 1 is 1.08 bits per heavy atom. The number of halogens is 4. The number of hydrogen-bond donors (Lipinski definition) is 0. The molecule has 0 N–H and O–H groups in total. The van der Waals surface area contributed by atoms with Crippen molar-refractivity contribution in [3.05, 3.63) is 70.2 Å². The second-order valence-corrected chi connectivity index (χ2v) is 6.69. The minimum absolute atomic E-state index is 0.0337. The van der Waals surface area contributed by atoms with Crippen LogP contribution in [0.15, 0.2) is 48.5 Å². The van der Waals surface area contributed by atoms with Crippen LogP contribution in [0, 0.1) is 0 Å². The highest BCUT2D eigenvalue weighted by molar-refractivity contribution is 6.30. The summed E-state index contributed by atoms with van der Waals surface area (Å²) < 4.78 is 38.4. The Morgan fingerprint density at radius 3 is 2.36 bits per heavy atom. The van der Waals surface area contributed by atoms with E-state index in [4.69, 9.17) is 11.6 Å². The van der Waals surface area contributed by atoms with E-state index in [1.807, 2.05) is 12.1 Å². The van der Waals surface area contributed by atoms with Crippen molar-refractivity contribution in [3.8, 4) is 0 Å². The fourth-order valence-corrected chi connectivity index (χ4v) is 2.85. The van der Waals surface area contributed by atoms with Gasteiger partial charge < -0.3 is 4.90 Å². The molecule has 0 radical (unpaired) electrons. The zero-order valence-corrected chi connectivity index (χ0v) is 14.1. The molecule has 1 saturated carbocycles. The number of nitrogens with zero attached hydrogens (tertiary/aromatic N) is 1. The molecule has 2 aromatic rings. The summed E-state index contributed by atoms with van der Waals surface area (Å²) in [5.74, 6) is -0.156. The lowest BCUT2D eigenvalue weighted by molar-refractivity contribution is -0.138. The van der Waals surface area contributed by atoms with Gasteiger partial charge in [0.1, 0.15) is 0 Å². The second kappa shape index (κ2) is 7.08. The molecule has 0 bridgehead atoms. The standard InChI is InChI=1S/C19H17ClF3NO/c20-16-6-4-13(5-7-16)12-24(17-8-9-17)18(25)11-14-2-1-3-15(10-14)19(21,22)23/h1-7,10,17H,8-9,11-12H2. The number of benzene rings is 2. The van der Waals surface area contributed by atoms with Crippen molar-refractivity contribution in [2.45, 2.75) is 38.0 Å². The molecule has 3 rings (SSSR count). The molecule has 0 aliphatic heterocycles. The number of hydrogen-bond acceptors (Lipinski definition) is 1. The minimum Gasteiger partial charge on any atom is -0.335 e. The first-order chi connectivity index (χ1) is 11.8. The van der Waals surface area contributed by atoms with E-state index in [1.165, 1.54) is 6.07 Å². The lowest BCUT2D eigenvalue weighted by Crippen LogP contribution is -2.33. The Labute approximate surface area is 149 Å². The maximum atomic E-state index is 12.8. The van der Waals surface area contributed by atoms with Gasteiger partial charge in [-0.1, -0.05) is 41.9 Å². The van der Waals surface area contributed by atoms with Crippen molar-refractivity contribution in [1.82, 2.24) is 4.90 Å². The van der Waals surface area contributed by atoms with Crippen molar-refractivity contribution >= 4 is 17.5 Å². The molecular weight excluding hydrogens is 351 g/mol. The Morgan fingerprint density at radius 2 is 1.76 bits per heavy atom. The van der Waals surface area contributed by atoms with E-state index >= 15 is 0 Å². The van der Waals surface area contributed by atoms with Gasteiger partial charge in [-0.15, -0.1) is 0 Å². The Hall–Kier alpha value is -2.01. The van der Waals surface area contributed by atoms with Gasteiger partial charge >= 0.3 is 6.18 Å². The number of carbonyl (C=O) groups is 1. The van der Waals surface area contributed by atoms with Gasteiger partial charge in [-0.25, -0.2) is 0 Å². The lowest BCUT2D eigenvalue weighted by Gasteiger charge is -2.23. The number of rotatable bonds is 5. The molecule has 2 aromatic carbocycles. The molecule has 1 aliphatic carbocycles. The summed E-state index contributed by atoms with van der Waals surface area (Å²) in [7, 11) is 0. The largest absolute Gasteiger partial charge is 0.416 e. The molecular formula is C19H17ClF3NO. The third-order valence-corrected chi connectivity index (χ3v) is 4.44. The van der Waals surface area contributed by atoms with E-state index in [1.54, 1.807) is 23.1 Å². The van der Waals surface area contributed by atoms with E-state index in [0.29, 0.717) is 17.1 Å². The monoisotopic (exact) mass is 367 g/mol. The Kier molecular flexibility index (Phi) is 5.04. The molecule has 0 heterocycles. The fourth-order valence-electron chi connectivity index (χ4n) is 2.73. The smallest absolute Gasteiger partial charge is 0.335 e. The maximum Gasteiger partial charge on any atom is 0.416 e. The molecule has 6 heteroatoms. The van der Waals surface area contributed by atoms with Crippen molar-refractivity contribution in [2.24, 2.45) is 0 Å². The number of alkyl halides is 3. The maximum absolute atomic E-state index is 12.8. The Balaban J connectivity index is 1.72. The van der Waals surface area contributed by atoms with Crippen LogP contribution >= 0.6 is 11.6 Å². The van der Waals surface area contributed by atoms with E-state index in [0.717, 1.165) is 30.5 Å². The van der Waals surface area contributed by atoms with Crippen LogP contribution in [0.4, 0.5) is 13.2 Å². The molecule has 132 valence electrons. The quantitative estimate of drug-likeness (QED) is 0.720. The second-order valence-electron chi connectivity index (χ2n) is 6.25. The first-order valence-electron chi connectivity index (χ1n) is 8.03. The molecule has 1 aliphatic rings. The molecule has 0 unspecified atom stereocenters. The Bertz CT molecular complexity index is 754. The van der Waals surface area contributed by atoms with Gasteiger partial charge in [0.05, 0.1) is 12.0 Å². The van der Waals surface area contributed by atoms with Crippen LogP contribution in [0.2, 0.25) is 5.02 Å². The summed E-state index contributed by atoms with van der Waals surface area (Å²) in [6.07, 6.45) is -2.57. The zero-order valence-electron chi connectivity index (χ0n) is 13.4. The highest BCUT2D eigenvalue weighted by Gasteiger charge is 2.33. The minimum atomic E-state index is -4.40. The van der Waals surface area contributed by atoms with E-state index in [9.17, 15) is 18.0 Å². The first-order valence-corrected chi connectivity index (χ1v) is 8.41. The van der Waals surface area contributed by atoms with Crippen molar-refractivity contribution in [3.63, 3.8) is 0 Å². The SMILES string of the molecule is O=C(Cc1cccc(C(F)(F)F)c1)N(Cc1ccc(Cl)cc1)C1CC1. The van der Waals surface area contributed by atoms with Gasteiger partial charge in [0.2, 0.25) is 5.91 Å². The van der Waals surface area contributed by atoms with Crippen LogP contribution in [0.25, 0.3) is 0 Å². The first kappa shape index (κ1) is 17.8. The van der Waals surface area contributed by atoms with E-state index in [2.05, 4.69) is 0 Å².